The number of carbonyl (C=O) groups is 1. The van der Waals surface area contributed by atoms with Crippen LogP contribution in [-0.2, 0) is 4.74 Å². The van der Waals surface area contributed by atoms with Gasteiger partial charge in [0.05, 0.1) is 6.61 Å². The lowest BCUT2D eigenvalue weighted by atomic mass is 9.94. The Morgan fingerprint density at radius 2 is 1.88 bits per heavy atom. The minimum atomic E-state index is -0.397. The van der Waals surface area contributed by atoms with Gasteiger partial charge in [0.2, 0.25) is 5.76 Å². The molecular weight excluding hydrogens is 326 g/mol. The summed E-state index contributed by atoms with van der Waals surface area (Å²) in [5, 5.41) is 0.930. The van der Waals surface area contributed by atoms with Crippen LogP contribution in [0.4, 0.5) is 0 Å². The maximum absolute atomic E-state index is 12.2. The molecule has 5 heteroatoms. The second-order valence-electron chi connectivity index (χ2n) is 6.85. The van der Waals surface area contributed by atoms with Gasteiger partial charge in [0, 0.05) is 17.3 Å². The molecule has 0 atom stereocenters. The van der Waals surface area contributed by atoms with Crippen LogP contribution in [-0.4, -0.2) is 37.1 Å². The average Bonchev–Trinajstić information content (AvgIpc) is 2.93. The number of esters is 1. The highest BCUT2D eigenvalue weighted by Gasteiger charge is 2.24. The van der Waals surface area contributed by atoms with Gasteiger partial charge in [0.1, 0.15) is 5.58 Å². The van der Waals surface area contributed by atoms with Gasteiger partial charge in [0.15, 0.2) is 0 Å². The van der Waals surface area contributed by atoms with Crippen molar-refractivity contribution in [2.24, 2.45) is 5.41 Å². The van der Waals surface area contributed by atoms with E-state index in [2.05, 4.69) is 32.6 Å². The monoisotopic (exact) mass is 353 g/mol. The van der Waals surface area contributed by atoms with Crippen LogP contribution in [0.2, 0.25) is 0 Å². The smallest absolute Gasteiger partial charge is 0.374 e. The van der Waals surface area contributed by atoms with Gasteiger partial charge in [-0.15, -0.1) is 12.4 Å². The lowest BCUT2D eigenvalue weighted by Gasteiger charge is -2.30. The summed E-state index contributed by atoms with van der Waals surface area (Å²) in [5.41, 5.74) is 1.76. The molecule has 0 bridgehead atoms. The predicted molar refractivity (Wildman–Crippen MR) is 100 cm³/mol. The second-order valence-corrected chi connectivity index (χ2v) is 6.85. The molecule has 134 valence electrons. The van der Waals surface area contributed by atoms with E-state index in [0.29, 0.717) is 12.2 Å². The Kier molecular flexibility index (Phi) is 7.30. The van der Waals surface area contributed by atoms with Crippen LogP contribution in [0, 0.1) is 12.3 Å². The molecular formula is C19H28ClNO3. The molecule has 0 saturated carbocycles. The van der Waals surface area contributed by atoms with Gasteiger partial charge in [0.25, 0.3) is 0 Å². The predicted octanol–water partition coefficient (Wildman–Crippen LogP) is 4.69. The first-order valence-corrected chi connectivity index (χ1v) is 8.24. The third kappa shape index (κ3) is 5.25. The van der Waals surface area contributed by atoms with Crippen LogP contribution >= 0.6 is 12.4 Å². The van der Waals surface area contributed by atoms with Crippen molar-refractivity contribution in [3.63, 3.8) is 0 Å². The number of ether oxygens (including phenoxy) is 1. The molecule has 0 unspecified atom stereocenters. The van der Waals surface area contributed by atoms with Crippen LogP contribution in [0.15, 0.2) is 28.7 Å². The highest BCUT2D eigenvalue weighted by molar-refractivity contribution is 5.92. The van der Waals surface area contributed by atoms with Crippen molar-refractivity contribution in [1.82, 2.24) is 4.90 Å². The third-order valence-corrected chi connectivity index (χ3v) is 4.01. The topological polar surface area (TPSA) is 42.7 Å². The third-order valence-electron chi connectivity index (χ3n) is 4.01. The molecule has 0 N–H and O–H groups in total. The number of halogens is 1. The number of hydrogen-bond acceptors (Lipinski definition) is 4. The van der Waals surface area contributed by atoms with Gasteiger partial charge in [-0.3, -0.25) is 0 Å². The van der Waals surface area contributed by atoms with Crippen molar-refractivity contribution in [3.05, 3.63) is 35.6 Å². The molecule has 0 aliphatic rings. The Bertz CT molecular complexity index is 674. The minimum absolute atomic E-state index is 0. The Morgan fingerprint density at radius 1 is 1.21 bits per heavy atom. The van der Waals surface area contributed by atoms with Gasteiger partial charge < -0.3 is 14.1 Å². The fourth-order valence-corrected chi connectivity index (χ4v) is 2.69. The molecule has 24 heavy (non-hydrogen) atoms. The zero-order valence-electron chi connectivity index (χ0n) is 15.2. The van der Waals surface area contributed by atoms with Crippen molar-refractivity contribution < 1.29 is 13.9 Å². The Morgan fingerprint density at radius 3 is 2.50 bits per heavy atom. The van der Waals surface area contributed by atoms with E-state index in [1.165, 1.54) is 0 Å². The first-order valence-electron chi connectivity index (χ1n) is 8.24. The van der Waals surface area contributed by atoms with Crippen LogP contribution < -0.4 is 0 Å². The maximum atomic E-state index is 12.2. The summed E-state index contributed by atoms with van der Waals surface area (Å²) in [6.45, 7) is 13.8. The molecule has 0 spiro atoms. The lowest BCUT2D eigenvalue weighted by molar-refractivity contribution is 0.0245. The summed E-state index contributed by atoms with van der Waals surface area (Å²) in [7, 11) is 0. The lowest BCUT2D eigenvalue weighted by Crippen LogP contribution is -2.37. The van der Waals surface area contributed by atoms with E-state index >= 15 is 0 Å². The van der Waals surface area contributed by atoms with E-state index in [-0.39, 0.29) is 23.6 Å². The zero-order chi connectivity index (χ0) is 17.0. The Labute approximate surface area is 150 Å². The quantitative estimate of drug-likeness (QED) is 0.677. The van der Waals surface area contributed by atoms with Gasteiger partial charge in [-0.05, 0) is 38.2 Å². The normalized spacial score (nSPS) is 11.6. The molecule has 0 radical (unpaired) electrons. The summed E-state index contributed by atoms with van der Waals surface area (Å²) < 4.78 is 11.1. The van der Waals surface area contributed by atoms with Crippen LogP contribution in [0.5, 0.6) is 0 Å². The van der Waals surface area contributed by atoms with Crippen molar-refractivity contribution in [3.8, 4) is 0 Å². The minimum Gasteiger partial charge on any atom is -0.459 e. The molecule has 1 aromatic heterocycles. The van der Waals surface area contributed by atoms with Crippen molar-refractivity contribution in [2.75, 3.05) is 26.2 Å². The van der Waals surface area contributed by atoms with E-state index in [4.69, 9.17) is 9.15 Å². The standard InChI is InChI=1S/C19H27NO3.ClH/c1-6-20(7-2)12-19(4,5)13-22-18(21)17-11-15-10-14(3)8-9-16(15)23-17;/h8-11H,6-7,12-13H2,1-5H3;1H. The molecule has 4 nitrogen and oxygen atoms in total. The zero-order valence-corrected chi connectivity index (χ0v) is 16.0. The summed E-state index contributed by atoms with van der Waals surface area (Å²) in [6.07, 6.45) is 0. The van der Waals surface area contributed by atoms with E-state index in [1.807, 2.05) is 25.1 Å². The van der Waals surface area contributed by atoms with Gasteiger partial charge in [-0.25, -0.2) is 4.79 Å². The van der Waals surface area contributed by atoms with Crippen LogP contribution in [0.25, 0.3) is 11.0 Å². The summed E-state index contributed by atoms with van der Waals surface area (Å²) in [6, 6.07) is 7.60. The fraction of sp³-hybridized carbons (Fsp3) is 0.526. The first-order chi connectivity index (χ1) is 10.8. The second kappa shape index (κ2) is 8.54. The number of rotatable bonds is 7. The first kappa shape index (κ1) is 20.5. The summed E-state index contributed by atoms with van der Waals surface area (Å²) in [5.74, 6) is -0.129. The molecule has 0 saturated heterocycles. The van der Waals surface area contributed by atoms with E-state index < -0.39 is 5.97 Å². The average molecular weight is 354 g/mol. The van der Waals surface area contributed by atoms with Crippen molar-refractivity contribution >= 4 is 29.3 Å². The Balaban J connectivity index is 0.00000288. The van der Waals surface area contributed by atoms with Crippen LogP contribution in [0.3, 0.4) is 0 Å². The molecule has 0 fully saturated rings. The number of hydrogen-bond donors (Lipinski definition) is 0. The number of carbonyl (C=O) groups excluding carboxylic acids is 1. The fourth-order valence-electron chi connectivity index (χ4n) is 2.69. The summed E-state index contributed by atoms with van der Waals surface area (Å²) in [4.78, 5) is 14.6. The molecule has 1 heterocycles. The highest BCUT2D eigenvalue weighted by atomic mass is 35.5. The molecule has 0 aliphatic carbocycles. The van der Waals surface area contributed by atoms with Gasteiger partial charge >= 0.3 is 5.97 Å². The van der Waals surface area contributed by atoms with Gasteiger partial charge in [-0.1, -0.05) is 39.3 Å². The van der Waals surface area contributed by atoms with Crippen molar-refractivity contribution in [2.45, 2.75) is 34.6 Å². The van der Waals surface area contributed by atoms with Gasteiger partial charge in [-0.2, -0.15) is 0 Å². The van der Waals surface area contributed by atoms with E-state index in [0.717, 1.165) is 30.6 Å². The molecule has 2 rings (SSSR count). The molecule has 0 aliphatic heterocycles. The maximum Gasteiger partial charge on any atom is 0.374 e. The summed E-state index contributed by atoms with van der Waals surface area (Å²) >= 11 is 0. The van der Waals surface area contributed by atoms with Crippen LogP contribution in [0.1, 0.15) is 43.8 Å². The number of furan rings is 1. The molecule has 2 aromatic rings. The molecule has 0 amide bonds. The molecule has 1 aromatic carbocycles. The number of fused-ring (bicyclic) bond motifs is 1. The SMILES string of the molecule is CCN(CC)CC(C)(C)COC(=O)c1cc2cc(C)ccc2o1.Cl. The van der Waals surface area contributed by atoms with E-state index in [1.54, 1.807) is 6.07 Å². The van der Waals surface area contributed by atoms with Crippen molar-refractivity contribution in [1.29, 1.82) is 0 Å². The number of aryl methyl sites for hydroxylation is 1. The number of benzene rings is 1. The highest BCUT2D eigenvalue weighted by Crippen LogP contribution is 2.23. The van der Waals surface area contributed by atoms with E-state index in [9.17, 15) is 4.79 Å². The Hall–Kier alpha value is -1.52. The largest absolute Gasteiger partial charge is 0.459 e. The number of nitrogens with zero attached hydrogens (tertiary/aromatic N) is 1.